The largest absolute Gasteiger partial charge is 0.161 e. The first kappa shape index (κ1) is 14.7. The van der Waals surface area contributed by atoms with Crippen molar-refractivity contribution in [2.24, 2.45) is 0 Å². The van der Waals surface area contributed by atoms with E-state index in [1.165, 1.54) is 49.4 Å². The van der Waals surface area contributed by atoms with E-state index < -0.39 is 0 Å². The molecule has 0 aromatic carbocycles. The van der Waals surface area contributed by atoms with Crippen molar-refractivity contribution in [2.75, 3.05) is 17.3 Å². The molecule has 0 aromatic rings. The van der Waals surface area contributed by atoms with Crippen LogP contribution in [-0.4, -0.2) is 22.5 Å². The maximum Gasteiger partial charge on any atom is 0.0135 e. The van der Waals surface area contributed by atoms with Crippen molar-refractivity contribution in [3.63, 3.8) is 0 Å². The molecule has 0 aliphatic rings. The zero-order chi connectivity index (χ0) is 10.6. The van der Waals surface area contributed by atoms with Crippen LogP contribution in [0.3, 0.4) is 0 Å². The van der Waals surface area contributed by atoms with Gasteiger partial charge in [0, 0.05) is 11.0 Å². The van der Waals surface area contributed by atoms with Crippen molar-refractivity contribution in [3.05, 3.63) is 0 Å². The summed E-state index contributed by atoms with van der Waals surface area (Å²) in [6.07, 6.45) is 6.80. The predicted molar refractivity (Wildman–Crippen MR) is 73.7 cm³/mol. The summed E-state index contributed by atoms with van der Waals surface area (Å²) in [6, 6.07) is 0. The maximum absolute atomic E-state index is 2.32. The van der Waals surface area contributed by atoms with Crippen molar-refractivity contribution in [2.45, 2.75) is 58.1 Å². The monoisotopic (exact) mass is 234 g/mol. The Morgan fingerprint density at radius 2 is 1.57 bits per heavy atom. The Balaban J connectivity index is 3.28. The fourth-order valence-electron chi connectivity index (χ4n) is 1.14. The molecule has 0 heterocycles. The first-order valence-electron chi connectivity index (χ1n) is 6.04. The van der Waals surface area contributed by atoms with E-state index in [4.69, 9.17) is 0 Å². The predicted octanol–water partition coefficient (Wildman–Crippen LogP) is 4.83. The highest BCUT2D eigenvalue weighted by atomic mass is 32.2. The fraction of sp³-hybridized carbons (Fsp3) is 1.00. The highest BCUT2D eigenvalue weighted by Gasteiger charge is 2.05. The highest BCUT2D eigenvalue weighted by molar-refractivity contribution is 8.03. The van der Waals surface area contributed by atoms with E-state index in [1.807, 2.05) is 0 Å². The summed E-state index contributed by atoms with van der Waals surface area (Å²) in [5, 5.41) is 0.906. The van der Waals surface area contributed by atoms with Gasteiger partial charge in [-0.15, -0.1) is 0 Å². The summed E-state index contributed by atoms with van der Waals surface area (Å²) in [6.45, 7) is 6.87. The lowest BCUT2D eigenvalue weighted by Crippen LogP contribution is -2.06. The van der Waals surface area contributed by atoms with Crippen LogP contribution in [0, 0.1) is 0 Å². The van der Waals surface area contributed by atoms with Gasteiger partial charge in [0.05, 0.1) is 0 Å². The Kier molecular flexibility index (Phi) is 12.4. The molecular formula is C12H26S2. The lowest BCUT2D eigenvalue weighted by atomic mass is 10.4. The summed E-state index contributed by atoms with van der Waals surface area (Å²) in [7, 11) is 0. The van der Waals surface area contributed by atoms with Gasteiger partial charge < -0.3 is 0 Å². The van der Waals surface area contributed by atoms with Gasteiger partial charge >= 0.3 is 0 Å². The SMILES string of the molecule is CCCCSCC(CC)SCCCC. The average Bonchev–Trinajstić information content (AvgIpc) is 2.22. The van der Waals surface area contributed by atoms with E-state index in [0.717, 1.165) is 5.25 Å². The second-order valence-electron chi connectivity index (χ2n) is 3.68. The summed E-state index contributed by atoms with van der Waals surface area (Å²) in [5.41, 5.74) is 0. The molecule has 0 bridgehead atoms. The van der Waals surface area contributed by atoms with Crippen molar-refractivity contribution in [3.8, 4) is 0 Å². The summed E-state index contributed by atoms with van der Waals surface area (Å²) in [4.78, 5) is 0. The summed E-state index contributed by atoms with van der Waals surface area (Å²) in [5.74, 6) is 4.09. The van der Waals surface area contributed by atoms with Crippen LogP contribution in [0.1, 0.15) is 52.9 Å². The second-order valence-corrected chi connectivity index (χ2v) is 6.24. The van der Waals surface area contributed by atoms with Gasteiger partial charge in [-0.2, -0.15) is 23.5 Å². The Morgan fingerprint density at radius 3 is 2.14 bits per heavy atom. The molecule has 2 heteroatoms. The standard InChI is InChI=1S/C12H26S2/c1-4-7-9-13-11-12(6-3)14-10-8-5-2/h12H,4-11H2,1-3H3. The Labute approximate surface area is 99.0 Å². The van der Waals surface area contributed by atoms with Crippen LogP contribution in [0.15, 0.2) is 0 Å². The third kappa shape index (κ3) is 9.26. The van der Waals surface area contributed by atoms with Crippen LogP contribution in [0.2, 0.25) is 0 Å². The lowest BCUT2D eigenvalue weighted by Gasteiger charge is -2.13. The average molecular weight is 234 g/mol. The Morgan fingerprint density at radius 1 is 0.929 bits per heavy atom. The third-order valence-electron chi connectivity index (χ3n) is 2.25. The maximum atomic E-state index is 2.32. The van der Waals surface area contributed by atoms with E-state index in [0.29, 0.717) is 0 Å². The number of unbranched alkanes of at least 4 members (excludes halogenated alkanes) is 2. The van der Waals surface area contributed by atoms with E-state index >= 15 is 0 Å². The molecule has 0 saturated heterocycles. The number of hydrogen-bond donors (Lipinski definition) is 0. The normalized spacial score (nSPS) is 13.1. The molecule has 0 saturated carbocycles. The van der Waals surface area contributed by atoms with E-state index in [9.17, 15) is 0 Å². The number of thioether (sulfide) groups is 2. The van der Waals surface area contributed by atoms with Gasteiger partial charge in [0.1, 0.15) is 0 Å². The minimum absolute atomic E-state index is 0.906. The smallest absolute Gasteiger partial charge is 0.0135 e. The second kappa shape index (κ2) is 11.8. The van der Waals surface area contributed by atoms with Gasteiger partial charge in [0.25, 0.3) is 0 Å². The van der Waals surface area contributed by atoms with Crippen LogP contribution in [0.4, 0.5) is 0 Å². The molecule has 14 heavy (non-hydrogen) atoms. The zero-order valence-corrected chi connectivity index (χ0v) is 11.7. The van der Waals surface area contributed by atoms with Crippen LogP contribution in [0.25, 0.3) is 0 Å². The van der Waals surface area contributed by atoms with Gasteiger partial charge in [-0.05, 0) is 30.8 Å². The molecule has 0 rings (SSSR count). The lowest BCUT2D eigenvalue weighted by molar-refractivity contribution is 0.872. The molecule has 0 nitrogen and oxygen atoms in total. The summed E-state index contributed by atoms with van der Waals surface area (Å²) >= 11 is 4.33. The van der Waals surface area contributed by atoms with Crippen LogP contribution < -0.4 is 0 Å². The zero-order valence-electron chi connectivity index (χ0n) is 10.1. The summed E-state index contributed by atoms with van der Waals surface area (Å²) < 4.78 is 0. The molecule has 0 aliphatic heterocycles. The van der Waals surface area contributed by atoms with Crippen molar-refractivity contribution in [1.29, 1.82) is 0 Å². The first-order valence-corrected chi connectivity index (χ1v) is 8.24. The minimum atomic E-state index is 0.906. The highest BCUT2D eigenvalue weighted by Crippen LogP contribution is 2.21. The van der Waals surface area contributed by atoms with E-state index in [2.05, 4.69) is 44.3 Å². The van der Waals surface area contributed by atoms with Gasteiger partial charge in [-0.3, -0.25) is 0 Å². The molecular weight excluding hydrogens is 208 g/mol. The fourth-order valence-corrected chi connectivity index (χ4v) is 4.00. The molecule has 1 unspecified atom stereocenters. The molecule has 0 radical (unpaired) electrons. The van der Waals surface area contributed by atoms with Gasteiger partial charge in [0.2, 0.25) is 0 Å². The van der Waals surface area contributed by atoms with Gasteiger partial charge in [-0.25, -0.2) is 0 Å². The third-order valence-corrected chi connectivity index (χ3v) is 5.17. The molecule has 86 valence electrons. The quantitative estimate of drug-likeness (QED) is 0.497. The molecule has 0 aromatic heterocycles. The molecule has 1 atom stereocenters. The van der Waals surface area contributed by atoms with Gasteiger partial charge in [0.15, 0.2) is 0 Å². The van der Waals surface area contributed by atoms with Crippen molar-refractivity contribution in [1.82, 2.24) is 0 Å². The van der Waals surface area contributed by atoms with E-state index in [1.54, 1.807) is 0 Å². The molecule has 0 N–H and O–H groups in total. The molecule has 0 amide bonds. The minimum Gasteiger partial charge on any atom is -0.161 e. The van der Waals surface area contributed by atoms with Gasteiger partial charge in [-0.1, -0.05) is 33.6 Å². The number of hydrogen-bond acceptors (Lipinski definition) is 2. The Bertz CT molecular complexity index is 104. The molecule has 0 aliphatic carbocycles. The van der Waals surface area contributed by atoms with E-state index in [-0.39, 0.29) is 0 Å². The van der Waals surface area contributed by atoms with Crippen LogP contribution >= 0.6 is 23.5 Å². The van der Waals surface area contributed by atoms with Crippen molar-refractivity contribution < 1.29 is 0 Å². The molecule has 0 spiro atoms. The molecule has 0 fully saturated rings. The topological polar surface area (TPSA) is 0 Å². The number of rotatable bonds is 10. The van der Waals surface area contributed by atoms with Crippen LogP contribution in [-0.2, 0) is 0 Å². The van der Waals surface area contributed by atoms with Crippen LogP contribution in [0.5, 0.6) is 0 Å². The first-order chi connectivity index (χ1) is 6.85. The Hall–Kier alpha value is 0.700. The van der Waals surface area contributed by atoms with Crippen molar-refractivity contribution >= 4 is 23.5 Å².